The quantitative estimate of drug-likeness (QED) is 0.433. The Morgan fingerprint density at radius 3 is 2.25 bits per heavy atom. The molecule has 0 atom stereocenters. The Morgan fingerprint density at radius 1 is 1.50 bits per heavy atom. The fourth-order valence-electron chi connectivity index (χ4n) is 0.317. The van der Waals surface area contributed by atoms with Gasteiger partial charge in [0.25, 0.3) is 5.91 Å². The van der Waals surface area contributed by atoms with Crippen LogP contribution in [0.25, 0.3) is 0 Å². The molecular formula is C3H3KNO3. The Kier molecular flexibility index (Phi) is 3.83. The first-order valence-electron chi connectivity index (χ1n) is 1.75. The van der Waals surface area contributed by atoms with E-state index < -0.39 is 6.09 Å². The van der Waals surface area contributed by atoms with Crippen LogP contribution in [0.5, 0.6) is 0 Å². The zero-order chi connectivity index (χ0) is 5.28. The maximum atomic E-state index is 10.00. The number of imide groups is 1. The van der Waals surface area contributed by atoms with Gasteiger partial charge < -0.3 is 4.74 Å². The Balaban J connectivity index is 0.000000490. The van der Waals surface area contributed by atoms with Gasteiger partial charge in [0.05, 0.1) is 0 Å². The maximum Gasteiger partial charge on any atom is 0.414 e. The molecule has 1 fully saturated rings. The van der Waals surface area contributed by atoms with Crippen molar-refractivity contribution >= 4 is 63.4 Å². The normalized spacial score (nSPS) is 16.5. The number of carbonyl (C=O) groups is 2. The van der Waals surface area contributed by atoms with Gasteiger partial charge in [-0.05, 0) is 0 Å². The Hall–Kier alpha value is 0.576. The van der Waals surface area contributed by atoms with Crippen LogP contribution in [-0.2, 0) is 9.53 Å². The van der Waals surface area contributed by atoms with Gasteiger partial charge in [0.2, 0.25) is 0 Å². The summed E-state index contributed by atoms with van der Waals surface area (Å²) in [5.41, 5.74) is 0. The van der Waals surface area contributed by atoms with Crippen LogP contribution in [0, 0.1) is 0 Å². The zero-order valence-corrected chi connectivity index (χ0v) is 7.55. The van der Waals surface area contributed by atoms with E-state index in [1.165, 1.54) is 0 Å². The minimum absolute atomic E-state index is 0. The van der Waals surface area contributed by atoms with Crippen LogP contribution in [0.2, 0.25) is 0 Å². The van der Waals surface area contributed by atoms with Gasteiger partial charge in [0.15, 0.2) is 6.61 Å². The molecule has 39 valence electrons. The summed E-state index contributed by atoms with van der Waals surface area (Å²) in [6.07, 6.45) is -0.648. The second-order valence-corrected chi connectivity index (χ2v) is 1.12. The Bertz CT molecular complexity index is 110. The minimum Gasteiger partial charge on any atom is -0.439 e. The Morgan fingerprint density at radius 2 is 2.12 bits per heavy atom. The molecule has 1 aliphatic rings. The third kappa shape index (κ3) is 2.23. The molecule has 4 nitrogen and oxygen atoms in total. The first-order valence-corrected chi connectivity index (χ1v) is 1.75. The molecule has 1 saturated heterocycles. The predicted octanol–water partition coefficient (Wildman–Crippen LogP) is -1.13. The summed E-state index contributed by atoms with van der Waals surface area (Å²) < 4.78 is 4.17. The van der Waals surface area contributed by atoms with E-state index in [0.717, 1.165) is 0 Å². The van der Waals surface area contributed by atoms with Crippen LogP contribution in [0.15, 0.2) is 0 Å². The molecule has 1 rings (SSSR count). The fourth-order valence-corrected chi connectivity index (χ4v) is 0.317. The largest absolute Gasteiger partial charge is 0.439 e. The average Bonchev–Trinajstić information content (AvgIpc) is 1.87. The van der Waals surface area contributed by atoms with Crippen LogP contribution >= 0.6 is 0 Å². The van der Waals surface area contributed by atoms with Gasteiger partial charge in [-0.3, -0.25) is 10.1 Å². The van der Waals surface area contributed by atoms with Crippen molar-refractivity contribution in [1.82, 2.24) is 5.32 Å². The van der Waals surface area contributed by atoms with Gasteiger partial charge in [-0.1, -0.05) is 0 Å². The summed E-state index contributed by atoms with van der Waals surface area (Å²) in [4.78, 5) is 19.9. The minimum atomic E-state index is -0.648. The van der Waals surface area contributed by atoms with E-state index in [2.05, 4.69) is 4.74 Å². The fraction of sp³-hybridized carbons (Fsp3) is 0.333. The van der Waals surface area contributed by atoms with E-state index in [1.807, 2.05) is 5.32 Å². The number of rotatable bonds is 0. The number of carbonyl (C=O) groups excluding carboxylic acids is 2. The third-order valence-electron chi connectivity index (χ3n) is 0.576. The molecule has 0 aromatic heterocycles. The van der Waals surface area contributed by atoms with Gasteiger partial charge in [-0.25, -0.2) is 4.79 Å². The summed E-state index contributed by atoms with van der Waals surface area (Å²) in [5.74, 6) is -0.370. The molecule has 1 aliphatic heterocycles. The maximum absolute atomic E-state index is 10.00. The van der Waals surface area contributed by atoms with Crippen molar-refractivity contribution in [1.29, 1.82) is 0 Å². The van der Waals surface area contributed by atoms with Crippen molar-refractivity contribution in [2.45, 2.75) is 0 Å². The van der Waals surface area contributed by atoms with Crippen molar-refractivity contribution in [2.75, 3.05) is 6.61 Å². The molecule has 0 aromatic carbocycles. The first-order chi connectivity index (χ1) is 3.29. The summed E-state index contributed by atoms with van der Waals surface area (Å²) in [6, 6.07) is 0. The molecular weight excluding hydrogens is 137 g/mol. The Labute approximate surface area is 88.4 Å². The van der Waals surface area contributed by atoms with E-state index in [0.29, 0.717) is 0 Å². The van der Waals surface area contributed by atoms with Crippen LogP contribution < -0.4 is 5.32 Å². The number of amides is 2. The van der Waals surface area contributed by atoms with Crippen LogP contribution in [0.3, 0.4) is 0 Å². The molecule has 5 heteroatoms. The molecule has 1 radical (unpaired) electrons. The van der Waals surface area contributed by atoms with E-state index in [-0.39, 0.29) is 63.9 Å². The standard InChI is InChI=1S/C3H3NO3.K/c5-2-1-7-3(6)4-2;/h1H2,(H,4,5,6);. The number of alkyl carbamates (subject to hydrolysis) is 1. The van der Waals surface area contributed by atoms with Gasteiger partial charge in [-0.2, -0.15) is 0 Å². The molecule has 1 heterocycles. The van der Waals surface area contributed by atoms with Gasteiger partial charge >= 0.3 is 6.09 Å². The van der Waals surface area contributed by atoms with E-state index in [9.17, 15) is 9.59 Å². The van der Waals surface area contributed by atoms with Crippen LogP contribution in [-0.4, -0.2) is 70.0 Å². The summed E-state index contributed by atoms with van der Waals surface area (Å²) >= 11 is 0. The molecule has 0 spiro atoms. The van der Waals surface area contributed by atoms with Gasteiger partial charge in [-0.15, -0.1) is 0 Å². The van der Waals surface area contributed by atoms with Crippen LogP contribution in [0.4, 0.5) is 4.79 Å². The molecule has 0 bridgehead atoms. The molecule has 0 aliphatic carbocycles. The molecule has 8 heavy (non-hydrogen) atoms. The molecule has 0 aromatic rings. The van der Waals surface area contributed by atoms with E-state index >= 15 is 0 Å². The first kappa shape index (κ1) is 8.58. The van der Waals surface area contributed by atoms with Crippen molar-refractivity contribution < 1.29 is 14.3 Å². The summed E-state index contributed by atoms with van der Waals surface area (Å²) in [6.45, 7) is -0.126. The predicted molar refractivity (Wildman–Crippen MR) is 25.2 cm³/mol. The molecule has 0 saturated carbocycles. The smallest absolute Gasteiger partial charge is 0.414 e. The number of cyclic esters (lactones) is 1. The zero-order valence-electron chi connectivity index (χ0n) is 4.43. The van der Waals surface area contributed by atoms with Gasteiger partial charge in [0.1, 0.15) is 0 Å². The number of hydrogen-bond acceptors (Lipinski definition) is 3. The van der Waals surface area contributed by atoms with Gasteiger partial charge in [0, 0.05) is 51.4 Å². The monoisotopic (exact) mass is 140 g/mol. The van der Waals surface area contributed by atoms with Crippen molar-refractivity contribution in [3.63, 3.8) is 0 Å². The number of nitrogens with one attached hydrogen (secondary N) is 1. The summed E-state index contributed by atoms with van der Waals surface area (Å²) in [5, 5.41) is 1.92. The van der Waals surface area contributed by atoms with E-state index in [4.69, 9.17) is 0 Å². The molecule has 2 amide bonds. The van der Waals surface area contributed by atoms with Crippen molar-refractivity contribution in [2.24, 2.45) is 0 Å². The third-order valence-corrected chi connectivity index (χ3v) is 0.576. The van der Waals surface area contributed by atoms with Crippen LogP contribution in [0.1, 0.15) is 0 Å². The number of hydrogen-bond donors (Lipinski definition) is 1. The summed E-state index contributed by atoms with van der Waals surface area (Å²) in [7, 11) is 0. The van der Waals surface area contributed by atoms with Crippen molar-refractivity contribution in [3.8, 4) is 0 Å². The molecule has 1 N–H and O–H groups in total. The topological polar surface area (TPSA) is 55.4 Å². The SMILES string of the molecule is O=C1COC(=O)N1.[K]. The second kappa shape index (κ2) is 3.57. The molecule has 0 unspecified atom stereocenters. The second-order valence-electron chi connectivity index (χ2n) is 1.12. The number of ether oxygens (including phenoxy) is 1. The van der Waals surface area contributed by atoms with Crippen molar-refractivity contribution in [3.05, 3.63) is 0 Å². The van der Waals surface area contributed by atoms with E-state index in [1.54, 1.807) is 0 Å². The average molecular weight is 140 g/mol.